The van der Waals surface area contributed by atoms with Gasteiger partial charge in [-0.2, -0.15) is 4.98 Å². The normalized spacial score (nSPS) is 21.8. The van der Waals surface area contributed by atoms with Gasteiger partial charge in [-0.05, 0) is 43.7 Å². The molecule has 0 bridgehead atoms. The van der Waals surface area contributed by atoms with E-state index >= 15 is 0 Å². The highest BCUT2D eigenvalue weighted by molar-refractivity contribution is 5.79. The molecule has 0 spiro atoms. The maximum atomic E-state index is 12.6. The number of carbonyl (C=O) groups is 1. The molecule has 0 aromatic carbocycles. The van der Waals surface area contributed by atoms with Crippen LogP contribution in [0.3, 0.4) is 0 Å². The van der Waals surface area contributed by atoms with E-state index in [1.165, 1.54) is 18.4 Å². The van der Waals surface area contributed by atoms with Crippen LogP contribution < -0.4 is 4.90 Å². The lowest BCUT2D eigenvalue weighted by Gasteiger charge is -2.23. The Morgan fingerprint density at radius 1 is 1.41 bits per heavy atom. The van der Waals surface area contributed by atoms with Gasteiger partial charge in [0, 0.05) is 27.1 Å². The Hall–Kier alpha value is -1.85. The van der Waals surface area contributed by atoms with E-state index in [1.54, 1.807) is 4.90 Å². The van der Waals surface area contributed by atoms with E-state index in [0.29, 0.717) is 18.3 Å². The lowest BCUT2D eigenvalue weighted by molar-refractivity contribution is -0.131. The van der Waals surface area contributed by atoms with Crippen molar-refractivity contribution >= 4 is 11.9 Å². The standard InChI is InChI=1S/C16H24N4O2/c1-19(2)16-17-15(22-18-16)13-9-6-10-20(13)14(21)11-12-7-4-3-5-8-12/h7,13H,3-6,8-11H2,1-2H3. The smallest absolute Gasteiger partial charge is 0.265 e. The summed E-state index contributed by atoms with van der Waals surface area (Å²) < 4.78 is 5.37. The number of likely N-dealkylation sites (tertiary alicyclic amines) is 1. The molecule has 1 aromatic heterocycles. The average molecular weight is 304 g/mol. The lowest BCUT2D eigenvalue weighted by atomic mass is 9.97. The summed E-state index contributed by atoms with van der Waals surface area (Å²) in [5.74, 6) is 1.32. The van der Waals surface area contributed by atoms with Gasteiger partial charge in [-0.3, -0.25) is 4.79 Å². The van der Waals surface area contributed by atoms with Crippen molar-refractivity contribution in [2.24, 2.45) is 0 Å². The number of aromatic nitrogens is 2. The second-order valence-electron chi connectivity index (χ2n) is 6.36. The highest BCUT2D eigenvalue weighted by atomic mass is 16.5. The molecule has 1 atom stereocenters. The van der Waals surface area contributed by atoms with Crippen molar-refractivity contribution in [1.29, 1.82) is 0 Å². The van der Waals surface area contributed by atoms with Gasteiger partial charge in [-0.15, -0.1) is 0 Å². The van der Waals surface area contributed by atoms with Gasteiger partial charge in [0.2, 0.25) is 5.91 Å². The molecule has 1 aliphatic heterocycles. The van der Waals surface area contributed by atoms with Gasteiger partial charge in [0.15, 0.2) is 0 Å². The second kappa shape index (κ2) is 6.50. The van der Waals surface area contributed by atoms with E-state index in [9.17, 15) is 4.79 Å². The fraction of sp³-hybridized carbons (Fsp3) is 0.688. The van der Waals surface area contributed by atoms with Crippen molar-refractivity contribution in [3.05, 3.63) is 17.5 Å². The molecule has 2 heterocycles. The fourth-order valence-electron chi connectivity index (χ4n) is 3.23. The van der Waals surface area contributed by atoms with Crippen LogP contribution in [0.2, 0.25) is 0 Å². The van der Waals surface area contributed by atoms with E-state index in [4.69, 9.17) is 4.52 Å². The summed E-state index contributed by atoms with van der Waals surface area (Å²) in [5.41, 5.74) is 1.29. The minimum absolute atomic E-state index is 0.0575. The van der Waals surface area contributed by atoms with Crippen molar-refractivity contribution < 1.29 is 9.32 Å². The van der Waals surface area contributed by atoms with Gasteiger partial charge in [0.1, 0.15) is 6.04 Å². The molecule has 1 saturated heterocycles. The Morgan fingerprint density at radius 3 is 2.95 bits per heavy atom. The van der Waals surface area contributed by atoms with Crippen molar-refractivity contribution in [2.45, 2.75) is 51.0 Å². The topological polar surface area (TPSA) is 62.5 Å². The van der Waals surface area contributed by atoms with Crippen LogP contribution in [-0.4, -0.2) is 41.6 Å². The third kappa shape index (κ3) is 3.15. The highest BCUT2D eigenvalue weighted by Gasteiger charge is 2.34. The van der Waals surface area contributed by atoms with Crippen LogP contribution in [0.25, 0.3) is 0 Å². The van der Waals surface area contributed by atoms with Gasteiger partial charge >= 0.3 is 0 Å². The fourth-order valence-corrected chi connectivity index (χ4v) is 3.23. The zero-order chi connectivity index (χ0) is 15.5. The summed E-state index contributed by atoms with van der Waals surface area (Å²) in [6, 6.07) is -0.0575. The zero-order valence-electron chi connectivity index (χ0n) is 13.4. The van der Waals surface area contributed by atoms with E-state index in [1.807, 2.05) is 19.0 Å². The van der Waals surface area contributed by atoms with Crippen LogP contribution in [0.4, 0.5) is 5.95 Å². The molecule has 1 fully saturated rings. The average Bonchev–Trinajstić information content (AvgIpc) is 3.17. The number of nitrogens with zero attached hydrogens (tertiary/aromatic N) is 4. The molecule has 3 rings (SSSR count). The number of amides is 1. The Bertz CT molecular complexity index is 564. The highest BCUT2D eigenvalue weighted by Crippen LogP contribution is 2.33. The van der Waals surface area contributed by atoms with Crippen molar-refractivity contribution in [1.82, 2.24) is 15.0 Å². The first-order chi connectivity index (χ1) is 10.6. The molecule has 1 unspecified atom stereocenters. The molecule has 2 aliphatic rings. The molecule has 0 N–H and O–H groups in total. The Labute approximate surface area is 131 Å². The third-order valence-electron chi connectivity index (χ3n) is 4.45. The van der Waals surface area contributed by atoms with Crippen molar-refractivity contribution in [3.8, 4) is 0 Å². The summed E-state index contributed by atoms with van der Waals surface area (Å²) in [4.78, 5) is 20.8. The molecule has 6 heteroatoms. The van der Waals surface area contributed by atoms with Gasteiger partial charge in [-0.1, -0.05) is 11.6 Å². The van der Waals surface area contributed by atoms with E-state index in [0.717, 1.165) is 32.2 Å². The predicted molar refractivity (Wildman–Crippen MR) is 83.5 cm³/mol. The number of carbonyl (C=O) groups excluding carboxylic acids is 1. The first-order valence-corrected chi connectivity index (χ1v) is 8.13. The van der Waals surface area contributed by atoms with Crippen molar-refractivity contribution in [2.75, 3.05) is 25.5 Å². The Morgan fingerprint density at radius 2 is 2.27 bits per heavy atom. The molecule has 1 amide bonds. The third-order valence-corrected chi connectivity index (χ3v) is 4.45. The molecular weight excluding hydrogens is 280 g/mol. The largest absolute Gasteiger partial charge is 0.344 e. The van der Waals surface area contributed by atoms with Crippen LogP contribution in [0, 0.1) is 0 Å². The summed E-state index contributed by atoms with van der Waals surface area (Å²) in [7, 11) is 3.75. The summed E-state index contributed by atoms with van der Waals surface area (Å²) in [6.45, 7) is 0.788. The molecule has 1 aliphatic carbocycles. The Kier molecular flexibility index (Phi) is 4.45. The molecule has 1 aromatic rings. The van der Waals surface area contributed by atoms with Gasteiger partial charge in [0.05, 0.1) is 0 Å². The van der Waals surface area contributed by atoms with Crippen LogP contribution in [-0.2, 0) is 4.79 Å². The van der Waals surface area contributed by atoms with Gasteiger partial charge in [-0.25, -0.2) is 0 Å². The summed E-state index contributed by atoms with van der Waals surface area (Å²) in [5, 5.41) is 3.96. The van der Waals surface area contributed by atoms with Crippen molar-refractivity contribution in [3.63, 3.8) is 0 Å². The predicted octanol–water partition coefficient (Wildman–Crippen LogP) is 2.69. The van der Waals surface area contributed by atoms with Crippen LogP contribution in [0.1, 0.15) is 56.9 Å². The quantitative estimate of drug-likeness (QED) is 0.800. The minimum Gasteiger partial charge on any atom is -0.344 e. The number of hydrogen-bond donors (Lipinski definition) is 0. The number of rotatable bonds is 4. The number of anilines is 1. The summed E-state index contributed by atoms with van der Waals surface area (Å²) in [6.07, 6.45) is 9.32. The maximum Gasteiger partial charge on any atom is 0.265 e. The van der Waals surface area contributed by atoms with Crippen LogP contribution in [0.5, 0.6) is 0 Å². The van der Waals surface area contributed by atoms with Crippen LogP contribution >= 0.6 is 0 Å². The van der Waals surface area contributed by atoms with Gasteiger partial charge in [0.25, 0.3) is 11.8 Å². The first kappa shape index (κ1) is 15.1. The minimum atomic E-state index is -0.0575. The molecule has 0 radical (unpaired) electrons. The van der Waals surface area contributed by atoms with E-state index in [-0.39, 0.29) is 11.9 Å². The first-order valence-electron chi connectivity index (χ1n) is 8.13. The second-order valence-corrected chi connectivity index (χ2v) is 6.36. The lowest BCUT2D eigenvalue weighted by Crippen LogP contribution is -2.31. The molecule has 0 saturated carbocycles. The summed E-state index contributed by atoms with van der Waals surface area (Å²) >= 11 is 0. The number of allylic oxidation sites excluding steroid dienone is 1. The SMILES string of the molecule is CN(C)c1noc(C2CCCN2C(=O)CC2=CCCCC2)n1. The van der Waals surface area contributed by atoms with E-state index in [2.05, 4.69) is 16.2 Å². The monoisotopic (exact) mass is 304 g/mol. The van der Waals surface area contributed by atoms with E-state index < -0.39 is 0 Å². The van der Waals surface area contributed by atoms with Gasteiger partial charge < -0.3 is 14.3 Å². The van der Waals surface area contributed by atoms with Crippen LogP contribution in [0.15, 0.2) is 16.2 Å². The molecular formula is C16H24N4O2. The molecule has 120 valence electrons. The zero-order valence-corrected chi connectivity index (χ0v) is 13.4. The Balaban J connectivity index is 1.69. The number of hydrogen-bond acceptors (Lipinski definition) is 5. The maximum absolute atomic E-state index is 12.6. The molecule has 22 heavy (non-hydrogen) atoms. The molecule has 6 nitrogen and oxygen atoms in total.